The maximum Gasteiger partial charge on any atom is 0.210 e. The normalized spacial score (nSPS) is 33.7. The van der Waals surface area contributed by atoms with E-state index in [0.29, 0.717) is 60.0 Å². The fraction of sp³-hybridized carbons (Fsp3) is 0.724. The number of hydrogen-bond acceptors (Lipinski definition) is 5. The second-order valence-corrected chi connectivity index (χ2v) is 13.5. The number of nitrogens with one attached hydrogen (secondary N) is 1. The highest BCUT2D eigenvalue weighted by Gasteiger charge is 2.54. The van der Waals surface area contributed by atoms with Crippen molar-refractivity contribution in [3.05, 3.63) is 35.3 Å². The van der Waals surface area contributed by atoms with Crippen molar-refractivity contribution in [1.82, 2.24) is 5.32 Å². The van der Waals surface area contributed by atoms with Gasteiger partial charge in [-0.1, -0.05) is 46.8 Å². The van der Waals surface area contributed by atoms with Crippen LogP contribution >= 0.6 is 0 Å². The Hall–Kier alpha value is -1.69. The third-order valence-corrected chi connectivity index (χ3v) is 9.87. The number of Topliss-reactive ketones (excluding diaryl/α,β-unsaturated/α-hetero) is 1. The molecule has 5 nitrogen and oxygen atoms in total. The lowest BCUT2D eigenvalue weighted by molar-refractivity contribution is -0.111. The number of ketones is 1. The van der Waals surface area contributed by atoms with Gasteiger partial charge in [-0.2, -0.15) is 0 Å². The molecule has 2 saturated carbocycles. The van der Waals surface area contributed by atoms with Gasteiger partial charge in [-0.25, -0.2) is 0 Å². The predicted octanol–water partition coefficient (Wildman–Crippen LogP) is 5.91. The number of aliphatic imine (C=N–C) groups is 1. The molecule has 0 aromatic carbocycles. The van der Waals surface area contributed by atoms with Crippen LogP contribution < -0.4 is 5.32 Å². The molecule has 0 spiro atoms. The van der Waals surface area contributed by atoms with Crippen molar-refractivity contribution in [2.45, 2.75) is 79.6 Å². The van der Waals surface area contributed by atoms with Crippen molar-refractivity contribution >= 4 is 22.3 Å². The van der Waals surface area contributed by atoms with Gasteiger partial charge in [-0.15, -0.1) is 0 Å². The van der Waals surface area contributed by atoms with E-state index in [0.717, 1.165) is 38.5 Å². The molecule has 2 fully saturated rings. The van der Waals surface area contributed by atoms with Gasteiger partial charge in [0.05, 0.1) is 5.70 Å². The average Bonchev–Trinajstić information content (AvgIpc) is 2.79. The number of fused-ring (bicyclic) bond motifs is 1. The average molecular weight is 503 g/mol. The number of nitrogens with zero attached hydrogens (tertiary/aromatic N) is 1. The first-order valence-electron chi connectivity index (χ1n) is 13.4. The molecule has 6 heteroatoms. The van der Waals surface area contributed by atoms with Gasteiger partial charge in [0.15, 0.2) is 0 Å². The first-order valence-corrected chi connectivity index (χ1v) is 15.1. The number of carbonyl (C=O) groups is 1. The zero-order valence-corrected chi connectivity index (χ0v) is 23.5. The van der Waals surface area contributed by atoms with Crippen LogP contribution in [0.15, 0.2) is 40.2 Å². The van der Waals surface area contributed by atoms with Crippen molar-refractivity contribution < 1.29 is 14.1 Å². The third kappa shape index (κ3) is 5.84. The van der Waals surface area contributed by atoms with Crippen LogP contribution in [0.4, 0.5) is 0 Å². The molecule has 0 radical (unpaired) electrons. The quantitative estimate of drug-likeness (QED) is 0.233. The molecular weight excluding hydrogens is 456 g/mol. The monoisotopic (exact) mass is 502 g/mol. The lowest BCUT2D eigenvalue weighted by Gasteiger charge is -2.59. The summed E-state index contributed by atoms with van der Waals surface area (Å²) in [6, 6.07) is 0. The lowest BCUT2D eigenvalue weighted by Crippen LogP contribution is -2.51. The van der Waals surface area contributed by atoms with Crippen LogP contribution in [0.2, 0.25) is 0 Å². The van der Waals surface area contributed by atoms with E-state index in [1.165, 1.54) is 5.57 Å². The smallest absolute Gasteiger partial charge is 0.210 e. The fourth-order valence-electron chi connectivity index (χ4n) is 6.54. The Morgan fingerprint density at radius 1 is 1.31 bits per heavy atom. The minimum absolute atomic E-state index is 0.0615. The van der Waals surface area contributed by atoms with E-state index in [2.05, 4.69) is 51.5 Å². The molecule has 0 bridgehead atoms. The van der Waals surface area contributed by atoms with Gasteiger partial charge in [0.1, 0.15) is 11.5 Å². The summed E-state index contributed by atoms with van der Waals surface area (Å²) in [5.74, 6) is 1.74. The maximum absolute atomic E-state index is 13.7. The van der Waals surface area contributed by atoms with E-state index in [1.807, 2.05) is 0 Å². The molecule has 35 heavy (non-hydrogen) atoms. The minimum Gasteiger partial charge on any atom is -0.505 e. The molecule has 2 N–H and O–H groups in total. The molecule has 3 aliphatic rings. The molecule has 0 aromatic heterocycles. The van der Waals surface area contributed by atoms with Crippen LogP contribution in [-0.2, 0) is 15.6 Å². The zero-order valence-electron chi connectivity index (χ0n) is 22.7. The van der Waals surface area contributed by atoms with E-state index >= 15 is 0 Å². The summed E-state index contributed by atoms with van der Waals surface area (Å²) in [7, 11) is -0.853. The number of allylic oxidation sites excluding steroid dienone is 3. The minimum atomic E-state index is -0.853. The summed E-state index contributed by atoms with van der Waals surface area (Å²) in [4.78, 5) is 18.3. The highest BCUT2D eigenvalue weighted by atomic mass is 32.2. The zero-order chi connectivity index (χ0) is 26.0. The number of carbonyl (C=O) groups excluding carboxylic acids is 1. The van der Waals surface area contributed by atoms with Crippen LogP contribution in [0.3, 0.4) is 0 Å². The second kappa shape index (κ2) is 11.1. The molecule has 0 aromatic rings. The van der Waals surface area contributed by atoms with Crippen LogP contribution in [-0.4, -0.2) is 45.9 Å². The highest BCUT2D eigenvalue weighted by molar-refractivity contribution is 7.84. The number of hydrogen-bond donors (Lipinski definition) is 2. The predicted molar refractivity (Wildman–Crippen MR) is 147 cm³/mol. The SMILES string of the molecule is C=C1CCCC2C1(C)CCC(C)C2(C)CC1=C(O)C(NCCCS(C)=O)=CC(=NCC(C)C)C1=O. The lowest BCUT2D eigenvalue weighted by atomic mass is 9.46. The first-order chi connectivity index (χ1) is 16.4. The van der Waals surface area contributed by atoms with Crippen molar-refractivity contribution in [2.24, 2.45) is 33.6 Å². The van der Waals surface area contributed by atoms with Gasteiger partial charge in [-0.05, 0) is 79.6 Å². The molecule has 5 unspecified atom stereocenters. The Balaban J connectivity index is 1.96. The summed E-state index contributed by atoms with van der Waals surface area (Å²) in [5.41, 5.74) is 2.82. The molecule has 0 aliphatic heterocycles. The van der Waals surface area contributed by atoms with Crippen molar-refractivity contribution in [1.29, 1.82) is 0 Å². The standard InChI is InChI=1S/C29H46N2O3S/c1-19(2)18-31-24-16-23(30-14-9-15-35(7)34)26(32)22(27(24)33)17-29(6)21(4)12-13-28(5)20(3)10-8-11-25(28)29/h16,19,21,25,30,32H,3,8-15,17-18H2,1-2,4-7H3. The molecule has 0 heterocycles. The summed E-state index contributed by atoms with van der Waals surface area (Å²) >= 11 is 0. The maximum atomic E-state index is 13.7. The van der Waals surface area contributed by atoms with E-state index < -0.39 is 10.8 Å². The first kappa shape index (κ1) is 27.9. The largest absolute Gasteiger partial charge is 0.505 e. The third-order valence-electron chi connectivity index (χ3n) is 9.00. The van der Waals surface area contributed by atoms with Gasteiger partial charge in [-0.3, -0.25) is 14.0 Å². The van der Waals surface area contributed by atoms with Crippen molar-refractivity contribution in [3.8, 4) is 0 Å². The highest BCUT2D eigenvalue weighted by Crippen LogP contribution is 2.63. The Kier molecular flexibility index (Phi) is 8.88. The van der Waals surface area contributed by atoms with E-state index in [4.69, 9.17) is 0 Å². The molecule has 3 aliphatic carbocycles. The number of rotatable bonds is 9. The van der Waals surface area contributed by atoms with E-state index in [1.54, 1.807) is 12.3 Å². The summed E-state index contributed by atoms with van der Waals surface area (Å²) in [6.45, 7) is 16.8. The molecular formula is C29H46N2O3S. The van der Waals surface area contributed by atoms with Crippen LogP contribution in [0.1, 0.15) is 79.6 Å². The summed E-state index contributed by atoms with van der Waals surface area (Å²) in [6.07, 6.45) is 10.3. The van der Waals surface area contributed by atoms with Gasteiger partial charge in [0.25, 0.3) is 0 Å². The van der Waals surface area contributed by atoms with Crippen LogP contribution in [0, 0.1) is 28.6 Å². The topological polar surface area (TPSA) is 78.8 Å². The molecule has 0 saturated heterocycles. The van der Waals surface area contributed by atoms with Crippen LogP contribution in [0.25, 0.3) is 0 Å². The summed E-state index contributed by atoms with van der Waals surface area (Å²) < 4.78 is 11.4. The molecule has 0 amide bonds. The van der Waals surface area contributed by atoms with E-state index in [9.17, 15) is 14.1 Å². The van der Waals surface area contributed by atoms with Gasteiger partial charge < -0.3 is 10.4 Å². The molecule has 5 atom stereocenters. The number of aliphatic hydroxyl groups is 1. The summed E-state index contributed by atoms with van der Waals surface area (Å²) in [5, 5.41) is 14.6. The Bertz CT molecular complexity index is 963. The van der Waals surface area contributed by atoms with Crippen LogP contribution in [0.5, 0.6) is 0 Å². The Morgan fingerprint density at radius 3 is 2.69 bits per heavy atom. The fourth-order valence-corrected chi connectivity index (χ4v) is 7.09. The Labute approximate surface area is 215 Å². The number of aliphatic hydroxyl groups excluding tert-OH is 1. The van der Waals surface area contributed by atoms with Gasteiger partial charge in [0.2, 0.25) is 5.78 Å². The molecule has 3 rings (SSSR count). The Morgan fingerprint density at radius 2 is 2.03 bits per heavy atom. The second-order valence-electron chi connectivity index (χ2n) is 12.0. The van der Waals surface area contributed by atoms with E-state index in [-0.39, 0.29) is 22.4 Å². The van der Waals surface area contributed by atoms with Gasteiger partial charge in [0, 0.05) is 41.5 Å². The van der Waals surface area contributed by atoms with Crippen molar-refractivity contribution in [3.63, 3.8) is 0 Å². The van der Waals surface area contributed by atoms with Gasteiger partial charge >= 0.3 is 0 Å². The van der Waals surface area contributed by atoms with Crippen molar-refractivity contribution in [2.75, 3.05) is 25.1 Å². The molecule has 196 valence electrons.